The van der Waals surface area contributed by atoms with Crippen LogP contribution in [0.15, 0.2) is 41.6 Å². The molecule has 8 nitrogen and oxygen atoms in total. The number of pyridine rings is 2. The summed E-state index contributed by atoms with van der Waals surface area (Å²) in [4.78, 5) is 13.3. The minimum Gasteiger partial charge on any atom is -0.450 e. The van der Waals surface area contributed by atoms with Crippen molar-refractivity contribution in [2.45, 2.75) is 38.1 Å². The van der Waals surface area contributed by atoms with E-state index in [1.165, 1.54) is 19.3 Å². The number of anilines is 1. The highest BCUT2D eigenvalue weighted by Crippen LogP contribution is 2.44. The number of fused-ring (bicyclic) bond motifs is 2. The largest absolute Gasteiger partial charge is 0.450 e. The van der Waals surface area contributed by atoms with Crippen molar-refractivity contribution in [3.8, 4) is 22.5 Å². The summed E-state index contributed by atoms with van der Waals surface area (Å²) in [5, 5.41) is 5.85. The summed E-state index contributed by atoms with van der Waals surface area (Å²) in [6.07, 6.45) is 15.3. The Morgan fingerprint density at radius 2 is 1.91 bits per heavy atom. The van der Waals surface area contributed by atoms with E-state index in [2.05, 4.69) is 30.9 Å². The predicted molar refractivity (Wildman–Crippen MR) is 124 cm³/mol. The first-order chi connectivity index (χ1) is 15.6. The van der Waals surface area contributed by atoms with Gasteiger partial charge >= 0.3 is 0 Å². The standard InChI is InChI=1S/C23H22ClN7O/c1-30-12-28-17-7-13(8-27-23(17)30)20-19(24)18-16(10-26-22(25)21(18)32-20)14-9-29-31(11-14)15-5-3-2-4-6-15/h7-12,15H,2-6H2,1H3,(H2,25,26). The van der Waals surface area contributed by atoms with Crippen molar-refractivity contribution in [2.75, 3.05) is 5.73 Å². The van der Waals surface area contributed by atoms with Gasteiger partial charge in [-0.05, 0) is 18.9 Å². The molecule has 0 spiro atoms. The lowest BCUT2D eigenvalue weighted by Gasteiger charge is -2.21. The monoisotopic (exact) mass is 447 g/mol. The molecule has 0 radical (unpaired) electrons. The molecule has 32 heavy (non-hydrogen) atoms. The number of hydrogen-bond donors (Lipinski definition) is 1. The third kappa shape index (κ3) is 2.97. The Kier molecular flexibility index (Phi) is 4.43. The molecule has 1 aliphatic carbocycles. The van der Waals surface area contributed by atoms with Crippen LogP contribution < -0.4 is 5.73 Å². The van der Waals surface area contributed by atoms with Crippen LogP contribution in [0.25, 0.3) is 44.6 Å². The molecule has 0 amide bonds. The number of nitrogen functional groups attached to an aromatic ring is 1. The van der Waals surface area contributed by atoms with E-state index in [1.54, 1.807) is 18.7 Å². The van der Waals surface area contributed by atoms with Gasteiger partial charge < -0.3 is 14.7 Å². The summed E-state index contributed by atoms with van der Waals surface area (Å²) >= 11 is 6.87. The van der Waals surface area contributed by atoms with Crippen LogP contribution in [0.4, 0.5) is 5.82 Å². The second-order valence-electron chi connectivity index (χ2n) is 8.43. The molecule has 5 heterocycles. The van der Waals surface area contributed by atoms with Gasteiger partial charge in [-0.3, -0.25) is 4.68 Å². The van der Waals surface area contributed by atoms with Crippen LogP contribution in [0.5, 0.6) is 0 Å². The number of halogens is 1. The average molecular weight is 448 g/mol. The fraction of sp³-hybridized carbons (Fsp3) is 0.304. The molecule has 9 heteroatoms. The first-order valence-electron chi connectivity index (χ1n) is 10.8. The molecule has 1 fully saturated rings. The second-order valence-corrected chi connectivity index (χ2v) is 8.81. The number of hydrogen-bond acceptors (Lipinski definition) is 6. The first-order valence-corrected chi connectivity index (χ1v) is 11.2. The Morgan fingerprint density at radius 3 is 2.75 bits per heavy atom. The number of furan rings is 1. The number of nitrogens with two attached hydrogens (primary N) is 1. The van der Waals surface area contributed by atoms with Crippen LogP contribution in [0.1, 0.15) is 38.1 Å². The van der Waals surface area contributed by atoms with Gasteiger partial charge in [0.15, 0.2) is 22.8 Å². The fourth-order valence-corrected chi connectivity index (χ4v) is 4.99. The topological polar surface area (TPSA) is 101 Å². The highest BCUT2D eigenvalue weighted by atomic mass is 35.5. The van der Waals surface area contributed by atoms with E-state index in [9.17, 15) is 0 Å². The fourth-order valence-electron chi connectivity index (χ4n) is 4.66. The number of nitrogens with zero attached hydrogens (tertiary/aromatic N) is 6. The minimum absolute atomic E-state index is 0.295. The lowest BCUT2D eigenvalue weighted by atomic mass is 9.96. The van der Waals surface area contributed by atoms with Crippen LogP contribution in [0.3, 0.4) is 0 Å². The first kappa shape index (κ1) is 19.3. The van der Waals surface area contributed by atoms with E-state index >= 15 is 0 Å². The maximum Gasteiger partial charge on any atom is 0.179 e. The van der Waals surface area contributed by atoms with Crippen LogP contribution in [-0.4, -0.2) is 29.3 Å². The molecule has 1 saturated carbocycles. The van der Waals surface area contributed by atoms with Gasteiger partial charge in [-0.2, -0.15) is 5.10 Å². The highest BCUT2D eigenvalue weighted by Gasteiger charge is 2.23. The zero-order chi connectivity index (χ0) is 21.8. The molecular weight excluding hydrogens is 426 g/mol. The van der Waals surface area contributed by atoms with E-state index < -0.39 is 0 Å². The molecule has 1 aliphatic rings. The van der Waals surface area contributed by atoms with Gasteiger partial charge in [0.25, 0.3) is 0 Å². The minimum atomic E-state index is 0.295. The molecule has 2 N–H and O–H groups in total. The number of aryl methyl sites for hydroxylation is 1. The van der Waals surface area contributed by atoms with Crippen molar-refractivity contribution in [2.24, 2.45) is 7.05 Å². The van der Waals surface area contributed by atoms with Crippen LogP contribution >= 0.6 is 11.6 Å². The van der Waals surface area contributed by atoms with Gasteiger partial charge in [0.1, 0.15) is 5.52 Å². The van der Waals surface area contributed by atoms with Gasteiger partial charge in [-0.15, -0.1) is 0 Å². The van der Waals surface area contributed by atoms with Crippen LogP contribution in [-0.2, 0) is 7.05 Å². The molecule has 0 atom stereocenters. The molecular formula is C23H22ClN7O. The molecule has 0 bridgehead atoms. The molecule has 0 aromatic carbocycles. The quantitative estimate of drug-likeness (QED) is 0.398. The van der Waals surface area contributed by atoms with Crippen molar-refractivity contribution in [3.05, 3.63) is 42.2 Å². The van der Waals surface area contributed by atoms with Gasteiger partial charge in [0.05, 0.1) is 29.0 Å². The van der Waals surface area contributed by atoms with Crippen molar-refractivity contribution < 1.29 is 4.42 Å². The Morgan fingerprint density at radius 1 is 1.06 bits per heavy atom. The van der Waals surface area contributed by atoms with E-state index in [0.717, 1.165) is 46.1 Å². The lowest BCUT2D eigenvalue weighted by molar-refractivity contribution is 0.329. The maximum atomic E-state index is 6.87. The Hall–Kier alpha value is -3.39. The van der Waals surface area contributed by atoms with Gasteiger partial charge in [-0.1, -0.05) is 30.9 Å². The molecule has 5 aromatic heterocycles. The van der Waals surface area contributed by atoms with Crippen molar-refractivity contribution in [1.82, 2.24) is 29.3 Å². The smallest absolute Gasteiger partial charge is 0.179 e. The summed E-state index contributed by atoms with van der Waals surface area (Å²) in [6.45, 7) is 0. The zero-order valence-corrected chi connectivity index (χ0v) is 18.4. The molecule has 0 unspecified atom stereocenters. The van der Waals surface area contributed by atoms with Crippen molar-refractivity contribution in [3.63, 3.8) is 0 Å². The number of aromatic nitrogens is 6. The normalized spacial score (nSPS) is 15.2. The number of rotatable bonds is 3. The summed E-state index contributed by atoms with van der Waals surface area (Å²) in [5.74, 6) is 0.797. The van der Waals surface area contributed by atoms with E-state index in [4.69, 9.17) is 21.8 Å². The summed E-state index contributed by atoms with van der Waals surface area (Å²) in [5.41, 5.74) is 10.7. The lowest BCUT2D eigenvalue weighted by Crippen LogP contribution is -2.12. The molecule has 6 rings (SSSR count). The maximum absolute atomic E-state index is 6.87. The van der Waals surface area contributed by atoms with Crippen LogP contribution in [0.2, 0.25) is 5.02 Å². The third-order valence-electron chi connectivity index (χ3n) is 6.36. The predicted octanol–water partition coefficient (Wildman–Crippen LogP) is 5.38. The van der Waals surface area contributed by atoms with Crippen molar-refractivity contribution in [1.29, 1.82) is 0 Å². The van der Waals surface area contributed by atoms with Crippen LogP contribution in [0, 0.1) is 0 Å². The summed E-state index contributed by atoms with van der Waals surface area (Å²) in [6, 6.07) is 2.36. The Balaban J connectivity index is 1.48. The SMILES string of the molecule is Cn1cnc2cc(-c3oc4c(N)ncc(-c5cnn(C6CCCCC6)c5)c4c3Cl)cnc21. The molecule has 0 saturated heterocycles. The highest BCUT2D eigenvalue weighted by molar-refractivity contribution is 6.39. The van der Waals surface area contributed by atoms with E-state index in [-0.39, 0.29) is 0 Å². The Labute approximate surface area is 189 Å². The van der Waals surface area contributed by atoms with Gasteiger partial charge in [-0.25, -0.2) is 15.0 Å². The third-order valence-corrected chi connectivity index (χ3v) is 6.72. The van der Waals surface area contributed by atoms with Gasteiger partial charge in [0.2, 0.25) is 0 Å². The second kappa shape index (κ2) is 7.34. The Bertz CT molecular complexity index is 1460. The molecule has 5 aromatic rings. The van der Waals surface area contributed by atoms with E-state index in [0.29, 0.717) is 28.2 Å². The molecule has 0 aliphatic heterocycles. The zero-order valence-electron chi connectivity index (χ0n) is 17.6. The molecule has 162 valence electrons. The van der Waals surface area contributed by atoms with Crippen molar-refractivity contribution >= 4 is 39.6 Å². The van der Waals surface area contributed by atoms with Gasteiger partial charge in [0, 0.05) is 42.3 Å². The van der Waals surface area contributed by atoms with E-state index in [1.807, 2.05) is 23.9 Å². The average Bonchev–Trinajstić information content (AvgIpc) is 3.53. The summed E-state index contributed by atoms with van der Waals surface area (Å²) < 4.78 is 10.1. The number of imidazole rings is 1. The summed E-state index contributed by atoms with van der Waals surface area (Å²) in [7, 11) is 1.91.